The number of carbonyl (C=O) groups is 1. The highest BCUT2D eigenvalue weighted by molar-refractivity contribution is 7.89. The van der Waals surface area contributed by atoms with Crippen molar-refractivity contribution < 1.29 is 27.8 Å². The molecule has 1 aromatic rings. The summed E-state index contributed by atoms with van der Waals surface area (Å²) in [6.07, 6.45) is -0.388. The van der Waals surface area contributed by atoms with Crippen LogP contribution in [0.3, 0.4) is 0 Å². The Morgan fingerprint density at radius 2 is 1.88 bits per heavy atom. The van der Waals surface area contributed by atoms with Gasteiger partial charge in [0.15, 0.2) is 0 Å². The molecule has 1 aliphatic rings. The summed E-state index contributed by atoms with van der Waals surface area (Å²) >= 11 is 0. The summed E-state index contributed by atoms with van der Waals surface area (Å²) < 4.78 is 36.9. The summed E-state index contributed by atoms with van der Waals surface area (Å²) in [7, 11) is -3.37. The van der Waals surface area contributed by atoms with Crippen molar-refractivity contribution >= 4 is 16.0 Å². The van der Waals surface area contributed by atoms with Gasteiger partial charge in [0.1, 0.15) is 0 Å². The van der Waals surface area contributed by atoms with Gasteiger partial charge in [0.2, 0.25) is 10.0 Å². The molecule has 0 spiro atoms. The number of nitrogens with two attached hydrogens (primary N) is 1. The number of benzene rings is 1. The molecule has 1 heterocycles. The Morgan fingerprint density at radius 3 is 2.38 bits per heavy atom. The van der Waals surface area contributed by atoms with Crippen LogP contribution in [-0.2, 0) is 37.4 Å². The van der Waals surface area contributed by atoms with Gasteiger partial charge >= 0.3 is 0 Å². The summed E-state index contributed by atoms with van der Waals surface area (Å²) in [5, 5.41) is 7.42. The van der Waals surface area contributed by atoms with Gasteiger partial charge in [0, 0.05) is 20.0 Å². The quantitative estimate of drug-likeness (QED) is 0.655. The highest BCUT2D eigenvalue weighted by Crippen LogP contribution is 2.06. The molecule has 1 unspecified atom stereocenters. The van der Waals surface area contributed by atoms with Gasteiger partial charge < -0.3 is 20.3 Å². The molecule has 0 aliphatic carbocycles. The van der Waals surface area contributed by atoms with Crippen molar-refractivity contribution in [1.29, 1.82) is 0 Å². The molecular weight excluding hydrogens is 336 g/mol. The predicted molar refractivity (Wildman–Crippen MR) is 88.8 cm³/mol. The minimum Gasteiger partial charge on any atom is -0.481 e. The van der Waals surface area contributed by atoms with E-state index in [4.69, 9.17) is 25.1 Å². The molecule has 24 heavy (non-hydrogen) atoms. The maximum absolute atomic E-state index is 11.9. The fraction of sp³-hybridized carbons (Fsp3) is 0.533. The van der Waals surface area contributed by atoms with Crippen LogP contribution in [0.2, 0.25) is 0 Å². The molecular formula is C15H24N2O6S. The minimum absolute atomic E-state index is 0.0755. The van der Waals surface area contributed by atoms with Crippen LogP contribution < -0.4 is 10.5 Å². The number of carboxylic acid groups (broad SMARTS) is 1. The van der Waals surface area contributed by atoms with Gasteiger partial charge in [-0.2, -0.15) is 0 Å². The monoisotopic (exact) mass is 360 g/mol. The van der Waals surface area contributed by atoms with Crippen molar-refractivity contribution in [1.82, 2.24) is 4.72 Å². The summed E-state index contributed by atoms with van der Waals surface area (Å²) in [6.45, 7) is 3.12. The van der Waals surface area contributed by atoms with Crippen molar-refractivity contribution in [3.8, 4) is 0 Å². The molecule has 1 fully saturated rings. The number of rotatable bonds is 6. The molecule has 9 heteroatoms. The Morgan fingerprint density at radius 1 is 1.29 bits per heavy atom. The fourth-order valence-electron chi connectivity index (χ4n) is 1.92. The third-order valence-electron chi connectivity index (χ3n) is 3.05. The number of aliphatic carboxylic acids is 1. The van der Waals surface area contributed by atoms with Gasteiger partial charge in [0.25, 0.3) is 5.97 Å². The lowest BCUT2D eigenvalue weighted by molar-refractivity contribution is -0.134. The number of carboxylic acids is 1. The summed E-state index contributed by atoms with van der Waals surface area (Å²) in [4.78, 5) is 9.00. The molecule has 1 saturated heterocycles. The topological polar surface area (TPSA) is 128 Å². The van der Waals surface area contributed by atoms with E-state index >= 15 is 0 Å². The molecule has 0 saturated carbocycles. The smallest absolute Gasteiger partial charge is 0.300 e. The first-order valence-electron chi connectivity index (χ1n) is 7.46. The van der Waals surface area contributed by atoms with Crippen molar-refractivity contribution in [2.24, 2.45) is 5.73 Å². The van der Waals surface area contributed by atoms with Crippen molar-refractivity contribution in [3.05, 3.63) is 35.4 Å². The number of ether oxygens (including phenoxy) is 2. The molecule has 4 N–H and O–H groups in total. The van der Waals surface area contributed by atoms with E-state index in [9.17, 15) is 8.42 Å². The molecule has 0 amide bonds. The average molecular weight is 360 g/mol. The first kappa shape index (κ1) is 20.5. The Kier molecular flexibility index (Phi) is 8.87. The minimum atomic E-state index is -3.37. The van der Waals surface area contributed by atoms with Crippen LogP contribution >= 0.6 is 0 Å². The Bertz CT molecular complexity index is 593. The number of sulfonamides is 1. The SMILES string of the molecule is CC(=O)O.NCc1ccc(CNS(=O)(=O)CC2COCCO2)cc1. The van der Waals surface area contributed by atoms with Gasteiger partial charge in [-0.05, 0) is 11.1 Å². The Labute approximate surface area is 142 Å². The van der Waals surface area contributed by atoms with E-state index in [1.165, 1.54) is 0 Å². The van der Waals surface area contributed by atoms with Crippen molar-refractivity contribution in [3.63, 3.8) is 0 Å². The zero-order chi connectivity index (χ0) is 18.0. The first-order valence-corrected chi connectivity index (χ1v) is 9.11. The van der Waals surface area contributed by atoms with Crippen LogP contribution in [0.4, 0.5) is 0 Å². The summed E-state index contributed by atoms with van der Waals surface area (Å²) in [5.41, 5.74) is 7.42. The van der Waals surface area contributed by atoms with Gasteiger partial charge in [-0.1, -0.05) is 24.3 Å². The lowest BCUT2D eigenvalue weighted by Crippen LogP contribution is -2.38. The van der Waals surface area contributed by atoms with Gasteiger partial charge in [-0.3, -0.25) is 4.79 Å². The number of nitrogens with one attached hydrogen (secondary N) is 1. The van der Waals surface area contributed by atoms with Crippen LogP contribution in [0.1, 0.15) is 18.1 Å². The second kappa shape index (κ2) is 10.4. The fourth-order valence-corrected chi connectivity index (χ4v) is 3.11. The largest absolute Gasteiger partial charge is 0.481 e. The maximum Gasteiger partial charge on any atom is 0.300 e. The van der Waals surface area contributed by atoms with E-state index in [-0.39, 0.29) is 18.4 Å². The van der Waals surface area contributed by atoms with Gasteiger partial charge in [-0.25, -0.2) is 13.1 Å². The third-order valence-corrected chi connectivity index (χ3v) is 4.44. The van der Waals surface area contributed by atoms with E-state index in [1.807, 2.05) is 24.3 Å². The summed E-state index contributed by atoms with van der Waals surface area (Å²) in [5.74, 6) is -0.909. The van der Waals surface area contributed by atoms with Crippen LogP contribution in [-0.4, -0.2) is 51.2 Å². The van der Waals surface area contributed by atoms with Crippen LogP contribution in [0.5, 0.6) is 0 Å². The van der Waals surface area contributed by atoms with Crippen LogP contribution in [0, 0.1) is 0 Å². The number of hydrogen-bond acceptors (Lipinski definition) is 6. The van der Waals surface area contributed by atoms with E-state index in [2.05, 4.69) is 4.72 Å². The normalized spacial score (nSPS) is 17.7. The zero-order valence-electron chi connectivity index (χ0n) is 13.6. The maximum atomic E-state index is 11.9. The molecule has 0 aromatic heterocycles. The first-order chi connectivity index (χ1) is 11.3. The van der Waals surface area contributed by atoms with E-state index in [0.717, 1.165) is 18.1 Å². The van der Waals surface area contributed by atoms with E-state index in [0.29, 0.717) is 26.4 Å². The highest BCUT2D eigenvalue weighted by Gasteiger charge is 2.22. The van der Waals surface area contributed by atoms with Crippen molar-refractivity contribution in [2.75, 3.05) is 25.6 Å². The van der Waals surface area contributed by atoms with Gasteiger partial charge in [0.05, 0.1) is 31.7 Å². The Balaban J connectivity index is 0.000000648. The molecule has 1 aliphatic heterocycles. The lowest BCUT2D eigenvalue weighted by atomic mass is 10.1. The lowest BCUT2D eigenvalue weighted by Gasteiger charge is -2.22. The standard InChI is InChI=1S/C13H20N2O4S.C2H4O2/c14-7-11-1-3-12(4-2-11)8-15-20(16,17)10-13-9-18-5-6-19-13;1-2(3)4/h1-4,13,15H,5-10,14H2;1H3,(H,3,4). The molecule has 2 rings (SSSR count). The Hall–Kier alpha value is -1.52. The average Bonchev–Trinajstić information content (AvgIpc) is 2.53. The zero-order valence-corrected chi connectivity index (χ0v) is 14.4. The van der Waals surface area contributed by atoms with E-state index < -0.39 is 16.0 Å². The molecule has 0 radical (unpaired) electrons. The van der Waals surface area contributed by atoms with E-state index in [1.54, 1.807) is 0 Å². The molecule has 1 aromatic carbocycles. The van der Waals surface area contributed by atoms with Crippen molar-refractivity contribution in [2.45, 2.75) is 26.1 Å². The van der Waals surface area contributed by atoms with Crippen LogP contribution in [0.15, 0.2) is 24.3 Å². The molecule has 0 bridgehead atoms. The third kappa shape index (κ3) is 8.94. The molecule has 1 atom stereocenters. The van der Waals surface area contributed by atoms with Crippen LogP contribution in [0.25, 0.3) is 0 Å². The molecule has 8 nitrogen and oxygen atoms in total. The predicted octanol–water partition coefficient (Wildman–Crippen LogP) is 0.0710. The second-order valence-electron chi connectivity index (χ2n) is 5.21. The summed E-state index contributed by atoms with van der Waals surface area (Å²) in [6, 6.07) is 7.51. The second-order valence-corrected chi connectivity index (χ2v) is 7.06. The molecule has 136 valence electrons. The highest BCUT2D eigenvalue weighted by atomic mass is 32.2. The van der Waals surface area contributed by atoms with Gasteiger partial charge in [-0.15, -0.1) is 0 Å². The number of hydrogen-bond donors (Lipinski definition) is 3.